The number of ether oxygens (including phenoxy) is 1. The van der Waals surface area contributed by atoms with E-state index in [0.29, 0.717) is 0 Å². The molecule has 0 saturated heterocycles. The largest absolute Gasteiger partial charge is 0.507 e. The lowest BCUT2D eigenvalue weighted by Gasteiger charge is -2.04. The molecule has 0 aliphatic rings. The molecule has 0 radical (unpaired) electrons. The number of aromatic hydroxyl groups is 1. The minimum Gasteiger partial charge on any atom is -0.507 e. The lowest BCUT2D eigenvalue weighted by atomic mass is 10.1. The molecule has 0 bridgehead atoms. The van der Waals surface area contributed by atoms with Gasteiger partial charge in [-0.1, -0.05) is 0 Å². The van der Waals surface area contributed by atoms with Crippen molar-refractivity contribution >= 4 is 5.97 Å². The second kappa shape index (κ2) is 4.87. The molecule has 20 heavy (non-hydrogen) atoms. The van der Waals surface area contributed by atoms with Gasteiger partial charge in [-0.15, -0.1) is 0 Å². The smallest absolute Gasteiger partial charge is 0.435 e. The second-order valence-corrected chi connectivity index (χ2v) is 3.89. The number of rotatable bonds is 2. The van der Waals surface area contributed by atoms with E-state index in [2.05, 4.69) is 14.9 Å². The minimum absolute atomic E-state index is 0.0717. The fraction of sp³-hybridized carbons (Fsp3) is 0.167. The number of hydrogen-bond donors (Lipinski definition) is 2. The number of halogens is 3. The molecule has 2 rings (SSSR count). The molecular weight excluding hydrogens is 277 g/mol. The van der Waals surface area contributed by atoms with Crippen LogP contribution < -0.4 is 0 Å². The van der Waals surface area contributed by atoms with Crippen molar-refractivity contribution in [2.45, 2.75) is 6.18 Å². The number of nitrogens with zero attached hydrogens (tertiary/aromatic N) is 1. The minimum atomic E-state index is -4.56. The predicted molar refractivity (Wildman–Crippen MR) is 62.0 cm³/mol. The molecule has 0 saturated carbocycles. The highest BCUT2D eigenvalue weighted by Gasteiger charge is 2.34. The summed E-state index contributed by atoms with van der Waals surface area (Å²) in [4.78, 5) is 11.4. The number of esters is 1. The molecule has 0 fully saturated rings. The Labute approximate surface area is 111 Å². The van der Waals surface area contributed by atoms with Gasteiger partial charge in [-0.3, -0.25) is 5.10 Å². The number of benzene rings is 1. The van der Waals surface area contributed by atoms with Gasteiger partial charge in [0.05, 0.1) is 12.8 Å². The maximum absolute atomic E-state index is 12.4. The molecular formula is C12H9F3N2O3. The van der Waals surface area contributed by atoms with Crippen molar-refractivity contribution in [2.75, 3.05) is 7.11 Å². The summed E-state index contributed by atoms with van der Waals surface area (Å²) >= 11 is 0. The number of aromatic nitrogens is 2. The third-order valence-electron chi connectivity index (χ3n) is 2.58. The summed E-state index contributed by atoms with van der Waals surface area (Å²) in [6.45, 7) is 0. The third kappa shape index (κ3) is 2.58. The first-order chi connectivity index (χ1) is 9.32. The van der Waals surface area contributed by atoms with E-state index in [1.54, 1.807) is 0 Å². The summed E-state index contributed by atoms with van der Waals surface area (Å²) in [5, 5.41) is 14.9. The van der Waals surface area contributed by atoms with Crippen LogP contribution in [0.5, 0.6) is 5.75 Å². The molecule has 0 unspecified atom stereocenters. The molecule has 0 spiro atoms. The number of methoxy groups -OCH3 is 1. The van der Waals surface area contributed by atoms with Gasteiger partial charge < -0.3 is 9.84 Å². The number of phenols is 1. The highest BCUT2D eigenvalue weighted by Crippen LogP contribution is 2.31. The first kappa shape index (κ1) is 13.9. The van der Waals surface area contributed by atoms with E-state index in [1.165, 1.54) is 18.2 Å². The molecule has 0 amide bonds. The molecule has 0 aliphatic heterocycles. The average molecular weight is 286 g/mol. The van der Waals surface area contributed by atoms with Crippen molar-refractivity contribution in [3.8, 4) is 17.0 Å². The van der Waals surface area contributed by atoms with Gasteiger partial charge >= 0.3 is 12.1 Å². The topological polar surface area (TPSA) is 75.2 Å². The summed E-state index contributed by atoms with van der Waals surface area (Å²) < 4.78 is 41.8. The standard InChI is InChI=1S/C12H9F3N2O3/c1-20-11(19)7-4-6(2-3-9(7)18)8-5-10(17-16-8)12(13,14)15/h2-5,18H,1H3,(H,16,17). The van der Waals surface area contributed by atoms with E-state index < -0.39 is 17.8 Å². The highest BCUT2D eigenvalue weighted by atomic mass is 19.4. The Bertz CT molecular complexity index is 650. The fourth-order valence-electron chi connectivity index (χ4n) is 1.59. The fourth-order valence-corrected chi connectivity index (χ4v) is 1.59. The number of hydrogen-bond acceptors (Lipinski definition) is 4. The van der Waals surface area contributed by atoms with Gasteiger partial charge in [0.1, 0.15) is 11.3 Å². The highest BCUT2D eigenvalue weighted by molar-refractivity contribution is 5.93. The van der Waals surface area contributed by atoms with E-state index in [1.807, 2.05) is 0 Å². The van der Waals surface area contributed by atoms with Crippen LogP contribution in [-0.4, -0.2) is 28.4 Å². The molecule has 5 nitrogen and oxygen atoms in total. The van der Waals surface area contributed by atoms with Crippen molar-refractivity contribution in [1.29, 1.82) is 0 Å². The molecule has 1 aromatic carbocycles. The summed E-state index contributed by atoms with van der Waals surface area (Å²) in [5.74, 6) is -1.11. The Morgan fingerprint density at radius 1 is 1.35 bits per heavy atom. The SMILES string of the molecule is COC(=O)c1cc(-c2cc(C(F)(F)F)n[nH]2)ccc1O. The van der Waals surface area contributed by atoms with Crippen LogP contribution in [0.3, 0.4) is 0 Å². The van der Waals surface area contributed by atoms with Crippen LogP contribution in [0, 0.1) is 0 Å². The Morgan fingerprint density at radius 2 is 2.05 bits per heavy atom. The number of aromatic amines is 1. The number of nitrogens with one attached hydrogen (secondary N) is 1. The molecule has 8 heteroatoms. The maximum atomic E-state index is 12.4. The van der Waals surface area contributed by atoms with Gasteiger partial charge in [0, 0.05) is 5.56 Å². The second-order valence-electron chi connectivity index (χ2n) is 3.89. The summed E-state index contributed by atoms with van der Waals surface area (Å²) in [6.07, 6.45) is -4.56. The van der Waals surface area contributed by atoms with Crippen molar-refractivity contribution in [3.05, 3.63) is 35.5 Å². The summed E-state index contributed by atoms with van der Waals surface area (Å²) in [7, 11) is 1.13. The first-order valence-corrected chi connectivity index (χ1v) is 5.37. The van der Waals surface area contributed by atoms with Gasteiger partial charge in [0.2, 0.25) is 0 Å². The van der Waals surface area contributed by atoms with Gasteiger partial charge in [-0.05, 0) is 24.3 Å². The number of alkyl halides is 3. The Balaban J connectivity index is 2.43. The van der Waals surface area contributed by atoms with Crippen LogP contribution in [0.1, 0.15) is 16.1 Å². The van der Waals surface area contributed by atoms with Gasteiger partial charge in [-0.25, -0.2) is 4.79 Å². The lowest BCUT2D eigenvalue weighted by molar-refractivity contribution is -0.141. The third-order valence-corrected chi connectivity index (χ3v) is 2.58. The van der Waals surface area contributed by atoms with Gasteiger partial charge in [0.25, 0.3) is 0 Å². The van der Waals surface area contributed by atoms with E-state index in [0.717, 1.165) is 13.2 Å². The van der Waals surface area contributed by atoms with E-state index in [-0.39, 0.29) is 22.6 Å². The quantitative estimate of drug-likeness (QED) is 0.832. The summed E-state index contributed by atoms with van der Waals surface area (Å²) in [6, 6.07) is 4.58. The van der Waals surface area contributed by atoms with Crippen molar-refractivity contribution in [1.82, 2.24) is 10.2 Å². The van der Waals surface area contributed by atoms with Crippen molar-refractivity contribution in [3.63, 3.8) is 0 Å². The predicted octanol–water partition coefficient (Wildman–Crippen LogP) is 2.59. The Kier molecular flexibility index (Phi) is 3.39. The van der Waals surface area contributed by atoms with Crippen LogP contribution >= 0.6 is 0 Å². The molecule has 2 N–H and O–H groups in total. The number of carbonyl (C=O) groups is 1. The zero-order chi connectivity index (χ0) is 14.9. The van der Waals surface area contributed by atoms with E-state index in [4.69, 9.17) is 0 Å². The summed E-state index contributed by atoms with van der Waals surface area (Å²) in [5.41, 5.74) is -0.873. The van der Waals surface area contributed by atoms with Crippen LogP contribution in [-0.2, 0) is 10.9 Å². The van der Waals surface area contributed by atoms with Crippen LogP contribution in [0.15, 0.2) is 24.3 Å². The van der Waals surface area contributed by atoms with E-state index >= 15 is 0 Å². The monoisotopic (exact) mass is 286 g/mol. The van der Waals surface area contributed by atoms with Crippen LogP contribution in [0.2, 0.25) is 0 Å². The number of carbonyl (C=O) groups excluding carboxylic acids is 1. The first-order valence-electron chi connectivity index (χ1n) is 5.37. The number of phenolic OH excluding ortho intramolecular Hbond substituents is 1. The normalized spacial score (nSPS) is 11.4. The maximum Gasteiger partial charge on any atom is 0.435 e. The van der Waals surface area contributed by atoms with E-state index in [9.17, 15) is 23.1 Å². The Hall–Kier alpha value is -2.51. The van der Waals surface area contributed by atoms with Crippen LogP contribution in [0.4, 0.5) is 13.2 Å². The molecule has 1 heterocycles. The van der Waals surface area contributed by atoms with Gasteiger partial charge in [0.15, 0.2) is 5.69 Å². The average Bonchev–Trinajstić information content (AvgIpc) is 2.88. The van der Waals surface area contributed by atoms with Gasteiger partial charge in [-0.2, -0.15) is 18.3 Å². The molecule has 2 aromatic rings. The number of H-pyrrole nitrogens is 1. The molecule has 106 valence electrons. The zero-order valence-corrected chi connectivity index (χ0v) is 10.2. The zero-order valence-electron chi connectivity index (χ0n) is 10.2. The molecule has 0 aliphatic carbocycles. The molecule has 0 atom stereocenters. The lowest BCUT2D eigenvalue weighted by Crippen LogP contribution is -2.04. The Morgan fingerprint density at radius 3 is 2.60 bits per heavy atom. The molecule has 1 aromatic heterocycles. The van der Waals surface area contributed by atoms with Crippen molar-refractivity contribution in [2.24, 2.45) is 0 Å². The van der Waals surface area contributed by atoms with Crippen molar-refractivity contribution < 1.29 is 27.8 Å². The van der Waals surface area contributed by atoms with Crippen LogP contribution in [0.25, 0.3) is 11.3 Å².